The number of methoxy groups -OCH3 is 1. The Morgan fingerprint density at radius 2 is 1.81 bits per heavy atom. The summed E-state index contributed by atoms with van der Waals surface area (Å²) < 4.78 is 31.5. The van der Waals surface area contributed by atoms with Crippen LogP contribution in [-0.2, 0) is 16.6 Å². The number of anilines is 1. The number of hydrogen-bond donors (Lipinski definition) is 1. The Morgan fingerprint density at radius 1 is 1.14 bits per heavy atom. The van der Waals surface area contributed by atoms with Crippen molar-refractivity contribution in [2.24, 2.45) is 0 Å². The highest BCUT2D eigenvalue weighted by Gasteiger charge is 2.22. The van der Waals surface area contributed by atoms with Crippen LogP contribution in [0.25, 0.3) is 0 Å². The minimum Gasteiger partial charge on any atom is -0.496 e. The molecule has 0 radical (unpaired) electrons. The Kier molecular flexibility index (Phi) is 4.50. The lowest BCUT2D eigenvalue weighted by atomic mass is 10.2. The van der Waals surface area contributed by atoms with Gasteiger partial charge in [-0.3, -0.25) is 4.31 Å². The van der Waals surface area contributed by atoms with Gasteiger partial charge in [0, 0.05) is 12.6 Å². The Morgan fingerprint density at radius 3 is 2.38 bits per heavy atom. The number of aliphatic hydroxyl groups excluding tert-OH is 1. The van der Waals surface area contributed by atoms with E-state index in [0.29, 0.717) is 17.0 Å². The second-order valence-corrected chi connectivity index (χ2v) is 6.41. The van der Waals surface area contributed by atoms with Crippen LogP contribution in [0.4, 0.5) is 5.69 Å². The molecule has 2 rings (SSSR count). The highest BCUT2D eigenvalue weighted by molar-refractivity contribution is 7.92. The van der Waals surface area contributed by atoms with Crippen LogP contribution in [0.2, 0.25) is 0 Å². The Bertz CT molecular complexity index is 714. The fraction of sp³-hybridized carbons (Fsp3) is 0.200. The molecule has 0 aromatic heterocycles. The predicted molar refractivity (Wildman–Crippen MR) is 80.9 cm³/mol. The smallest absolute Gasteiger partial charge is 0.264 e. The first kappa shape index (κ1) is 15.3. The van der Waals surface area contributed by atoms with Crippen molar-refractivity contribution in [1.82, 2.24) is 0 Å². The third-order valence-electron chi connectivity index (χ3n) is 3.20. The normalized spacial score (nSPS) is 11.2. The summed E-state index contributed by atoms with van der Waals surface area (Å²) in [5.74, 6) is 0.457. The van der Waals surface area contributed by atoms with Crippen molar-refractivity contribution in [2.45, 2.75) is 11.5 Å². The molecule has 0 unspecified atom stereocenters. The van der Waals surface area contributed by atoms with Crippen LogP contribution in [0, 0.1) is 0 Å². The van der Waals surface area contributed by atoms with E-state index in [9.17, 15) is 13.5 Å². The molecule has 2 aromatic rings. The SMILES string of the molecule is COc1ccc(S(=O)(=O)N(C)c2ccccc2)cc1CO. The Balaban J connectivity index is 2.45. The van der Waals surface area contributed by atoms with E-state index < -0.39 is 10.0 Å². The van der Waals surface area contributed by atoms with Crippen LogP contribution in [0.1, 0.15) is 5.56 Å². The molecular formula is C15H17NO4S. The van der Waals surface area contributed by atoms with Crippen LogP contribution in [0.5, 0.6) is 5.75 Å². The molecule has 0 aliphatic carbocycles. The number of hydrogen-bond acceptors (Lipinski definition) is 4. The van der Waals surface area contributed by atoms with Gasteiger partial charge in [-0.25, -0.2) is 8.42 Å². The fourth-order valence-corrected chi connectivity index (χ4v) is 3.22. The molecule has 21 heavy (non-hydrogen) atoms. The molecular weight excluding hydrogens is 290 g/mol. The van der Waals surface area contributed by atoms with Gasteiger partial charge in [-0.1, -0.05) is 18.2 Å². The highest BCUT2D eigenvalue weighted by Crippen LogP contribution is 2.26. The van der Waals surface area contributed by atoms with Crippen LogP contribution in [0.3, 0.4) is 0 Å². The molecule has 112 valence electrons. The van der Waals surface area contributed by atoms with Gasteiger partial charge >= 0.3 is 0 Å². The van der Waals surface area contributed by atoms with Gasteiger partial charge in [0.1, 0.15) is 5.75 Å². The summed E-state index contributed by atoms with van der Waals surface area (Å²) in [5, 5.41) is 9.31. The highest BCUT2D eigenvalue weighted by atomic mass is 32.2. The van der Waals surface area contributed by atoms with Crippen LogP contribution in [-0.4, -0.2) is 27.7 Å². The topological polar surface area (TPSA) is 66.8 Å². The summed E-state index contributed by atoms with van der Waals surface area (Å²) in [5.41, 5.74) is 0.999. The van der Waals surface area contributed by atoms with Gasteiger partial charge in [0.05, 0.1) is 24.3 Å². The molecule has 0 atom stereocenters. The summed E-state index contributed by atoms with van der Waals surface area (Å²) in [6.45, 7) is -0.290. The maximum atomic E-state index is 12.6. The zero-order chi connectivity index (χ0) is 15.5. The molecule has 0 saturated heterocycles. The monoisotopic (exact) mass is 307 g/mol. The van der Waals surface area contributed by atoms with Crippen molar-refractivity contribution in [3.8, 4) is 5.75 Å². The lowest BCUT2D eigenvalue weighted by Gasteiger charge is -2.20. The number of rotatable bonds is 5. The summed E-state index contributed by atoms with van der Waals surface area (Å²) in [6.07, 6.45) is 0. The van der Waals surface area contributed by atoms with Crippen LogP contribution >= 0.6 is 0 Å². The largest absolute Gasteiger partial charge is 0.496 e. The van der Waals surface area contributed by atoms with Crippen molar-refractivity contribution >= 4 is 15.7 Å². The van der Waals surface area contributed by atoms with Crippen molar-refractivity contribution in [3.63, 3.8) is 0 Å². The quantitative estimate of drug-likeness (QED) is 0.917. The number of sulfonamides is 1. The van der Waals surface area contributed by atoms with Gasteiger partial charge in [0.2, 0.25) is 0 Å². The third kappa shape index (κ3) is 3.01. The molecule has 5 nitrogen and oxygen atoms in total. The van der Waals surface area contributed by atoms with E-state index in [4.69, 9.17) is 4.74 Å². The Labute approximate surface area is 124 Å². The van der Waals surface area contributed by atoms with Crippen molar-refractivity contribution in [1.29, 1.82) is 0 Å². The van der Waals surface area contributed by atoms with Gasteiger partial charge in [0.15, 0.2) is 0 Å². The molecule has 0 aliphatic rings. The lowest BCUT2D eigenvalue weighted by Crippen LogP contribution is -2.26. The van der Waals surface area contributed by atoms with Gasteiger partial charge < -0.3 is 9.84 Å². The summed E-state index contributed by atoms with van der Waals surface area (Å²) in [4.78, 5) is 0.110. The van der Waals surface area contributed by atoms with E-state index in [-0.39, 0.29) is 11.5 Å². The van der Waals surface area contributed by atoms with Crippen molar-refractivity contribution in [2.75, 3.05) is 18.5 Å². The second kappa shape index (κ2) is 6.15. The molecule has 0 saturated carbocycles. The number of para-hydroxylation sites is 1. The van der Waals surface area contributed by atoms with Crippen molar-refractivity contribution in [3.05, 3.63) is 54.1 Å². The van der Waals surface area contributed by atoms with Crippen LogP contribution in [0.15, 0.2) is 53.4 Å². The molecule has 6 heteroatoms. The first-order chi connectivity index (χ1) is 10.0. The van der Waals surface area contributed by atoms with E-state index in [1.807, 2.05) is 6.07 Å². The first-order valence-corrected chi connectivity index (χ1v) is 7.76. The minimum absolute atomic E-state index is 0.110. The number of aliphatic hydroxyl groups is 1. The van der Waals surface area contributed by atoms with E-state index in [1.54, 1.807) is 24.3 Å². The zero-order valence-electron chi connectivity index (χ0n) is 11.9. The summed E-state index contributed by atoms with van der Waals surface area (Å²) in [6, 6.07) is 13.2. The van der Waals surface area contributed by atoms with Gasteiger partial charge in [-0.15, -0.1) is 0 Å². The zero-order valence-corrected chi connectivity index (χ0v) is 12.7. The summed E-state index contributed by atoms with van der Waals surface area (Å²) >= 11 is 0. The average molecular weight is 307 g/mol. The molecule has 0 fully saturated rings. The van der Waals surface area contributed by atoms with E-state index in [1.165, 1.54) is 36.7 Å². The van der Waals surface area contributed by atoms with Gasteiger partial charge in [0.25, 0.3) is 10.0 Å². The standard InChI is InChI=1S/C15H17NO4S/c1-16(13-6-4-3-5-7-13)21(18,19)14-8-9-15(20-2)12(10-14)11-17/h3-10,17H,11H2,1-2H3. The van der Waals surface area contributed by atoms with Gasteiger partial charge in [-0.2, -0.15) is 0 Å². The molecule has 0 amide bonds. The Hall–Kier alpha value is -2.05. The second-order valence-electron chi connectivity index (χ2n) is 4.44. The van der Waals surface area contributed by atoms with E-state index >= 15 is 0 Å². The molecule has 0 heterocycles. The molecule has 0 aliphatic heterocycles. The molecule has 0 spiro atoms. The number of nitrogens with zero attached hydrogens (tertiary/aromatic N) is 1. The van der Waals surface area contributed by atoms with Crippen LogP contribution < -0.4 is 9.04 Å². The molecule has 0 bridgehead atoms. The fourth-order valence-electron chi connectivity index (χ4n) is 1.97. The number of ether oxygens (including phenoxy) is 1. The summed E-state index contributed by atoms with van der Waals surface area (Å²) in [7, 11) is -0.718. The molecule has 2 aromatic carbocycles. The van der Waals surface area contributed by atoms with Crippen molar-refractivity contribution < 1.29 is 18.3 Å². The number of benzene rings is 2. The molecule has 1 N–H and O–H groups in total. The average Bonchev–Trinajstić information content (AvgIpc) is 2.54. The maximum Gasteiger partial charge on any atom is 0.264 e. The maximum absolute atomic E-state index is 12.6. The minimum atomic E-state index is -3.68. The van der Waals surface area contributed by atoms with E-state index in [2.05, 4.69) is 0 Å². The van der Waals surface area contributed by atoms with E-state index in [0.717, 1.165) is 0 Å². The third-order valence-corrected chi connectivity index (χ3v) is 4.98. The van der Waals surface area contributed by atoms with Gasteiger partial charge in [-0.05, 0) is 30.3 Å². The first-order valence-electron chi connectivity index (χ1n) is 6.32. The predicted octanol–water partition coefficient (Wildman–Crippen LogP) is 2.01. The lowest BCUT2D eigenvalue weighted by molar-refractivity contribution is 0.273.